The average Bonchev–Trinajstić information content (AvgIpc) is 2.74. The van der Waals surface area contributed by atoms with Crippen molar-refractivity contribution in [1.29, 1.82) is 0 Å². The van der Waals surface area contributed by atoms with Crippen LogP contribution in [0.2, 0.25) is 0 Å². The lowest BCUT2D eigenvalue weighted by Gasteiger charge is -2.32. The first kappa shape index (κ1) is 17.4. The van der Waals surface area contributed by atoms with E-state index >= 15 is 0 Å². The number of para-hydroxylation sites is 1. The topological polar surface area (TPSA) is 71.0 Å². The zero-order valence-electron chi connectivity index (χ0n) is 15.4. The van der Waals surface area contributed by atoms with Crippen molar-refractivity contribution < 1.29 is 4.79 Å². The molecule has 0 aliphatic heterocycles. The number of nitrogens with one attached hydrogen (secondary N) is 1. The molecule has 1 aliphatic carbocycles. The van der Waals surface area contributed by atoms with Crippen LogP contribution in [0.5, 0.6) is 0 Å². The van der Waals surface area contributed by atoms with Crippen LogP contribution >= 0.6 is 0 Å². The van der Waals surface area contributed by atoms with E-state index < -0.39 is 0 Å². The normalized spacial score (nSPS) is 14.9. The maximum absolute atomic E-state index is 12.8. The molecule has 4 rings (SSSR count). The number of pyridine rings is 1. The minimum absolute atomic E-state index is 0.243. The van der Waals surface area contributed by atoms with Crippen molar-refractivity contribution in [3.63, 3.8) is 0 Å². The summed E-state index contributed by atoms with van der Waals surface area (Å²) < 4.78 is 0. The van der Waals surface area contributed by atoms with Crippen LogP contribution in [0.3, 0.4) is 0 Å². The van der Waals surface area contributed by atoms with Crippen molar-refractivity contribution in [2.24, 2.45) is 0 Å². The monoisotopic (exact) mass is 361 g/mol. The molecule has 0 bridgehead atoms. The summed E-state index contributed by atoms with van der Waals surface area (Å²) in [4.78, 5) is 27.8. The molecule has 0 spiro atoms. The fourth-order valence-corrected chi connectivity index (χ4v) is 3.71. The van der Waals surface area contributed by atoms with E-state index in [2.05, 4.69) is 32.2 Å². The highest BCUT2D eigenvalue weighted by atomic mass is 16.1. The Hall–Kier alpha value is -3.02. The highest BCUT2D eigenvalue weighted by molar-refractivity contribution is 6.07. The number of carbonyl (C=O) groups is 1. The molecule has 2 aromatic heterocycles. The van der Waals surface area contributed by atoms with Gasteiger partial charge in [-0.05, 0) is 25.0 Å². The van der Waals surface area contributed by atoms with Crippen LogP contribution in [0.15, 0.2) is 48.9 Å². The third-order valence-corrected chi connectivity index (χ3v) is 5.27. The van der Waals surface area contributed by atoms with Crippen LogP contribution in [0.4, 0.5) is 11.5 Å². The number of aromatic nitrogens is 3. The summed E-state index contributed by atoms with van der Waals surface area (Å²) in [7, 11) is 2.05. The molecular weight excluding hydrogens is 338 g/mol. The summed E-state index contributed by atoms with van der Waals surface area (Å²) in [5, 5.41) is 3.86. The Balaban J connectivity index is 1.55. The predicted molar refractivity (Wildman–Crippen MR) is 107 cm³/mol. The molecule has 3 aromatic rings. The van der Waals surface area contributed by atoms with Crippen LogP contribution in [0.25, 0.3) is 10.9 Å². The van der Waals surface area contributed by atoms with Gasteiger partial charge in [0.2, 0.25) is 0 Å². The minimum atomic E-state index is -0.243. The summed E-state index contributed by atoms with van der Waals surface area (Å²) >= 11 is 0. The van der Waals surface area contributed by atoms with E-state index in [0.29, 0.717) is 11.7 Å². The fourth-order valence-electron chi connectivity index (χ4n) is 3.71. The molecule has 1 N–H and O–H groups in total. The van der Waals surface area contributed by atoms with E-state index in [1.165, 1.54) is 38.4 Å². The van der Waals surface area contributed by atoms with Gasteiger partial charge in [0.25, 0.3) is 5.91 Å². The molecule has 1 amide bonds. The standard InChI is InChI=1S/C21H23N5O/c1-26(15-7-3-2-4-8-15)20-13-19(23-14-24-20)21(27)25-18-11-12-22-17-10-6-5-9-16(17)18/h5-6,9-15H,2-4,7-8H2,1H3,(H,22,25,27). The number of hydrogen-bond donors (Lipinski definition) is 1. The lowest BCUT2D eigenvalue weighted by Crippen LogP contribution is -2.34. The number of anilines is 2. The second kappa shape index (κ2) is 7.70. The fraction of sp³-hybridized carbons (Fsp3) is 0.333. The second-order valence-corrected chi connectivity index (χ2v) is 6.99. The first-order valence-corrected chi connectivity index (χ1v) is 9.42. The lowest BCUT2D eigenvalue weighted by molar-refractivity contribution is 0.102. The number of hydrogen-bond acceptors (Lipinski definition) is 5. The van der Waals surface area contributed by atoms with Crippen molar-refractivity contribution in [1.82, 2.24) is 15.0 Å². The molecule has 2 heterocycles. The van der Waals surface area contributed by atoms with E-state index in [9.17, 15) is 4.79 Å². The molecule has 0 saturated heterocycles. The predicted octanol–water partition coefficient (Wildman–Crippen LogP) is 4.05. The molecule has 138 valence electrons. The number of rotatable bonds is 4. The van der Waals surface area contributed by atoms with E-state index in [1.807, 2.05) is 24.3 Å². The molecule has 1 fully saturated rings. The van der Waals surface area contributed by atoms with Crippen LogP contribution < -0.4 is 10.2 Å². The van der Waals surface area contributed by atoms with Crippen LogP contribution in [0.1, 0.15) is 42.6 Å². The summed E-state index contributed by atoms with van der Waals surface area (Å²) in [6.45, 7) is 0. The van der Waals surface area contributed by atoms with Crippen molar-refractivity contribution in [3.05, 3.63) is 54.6 Å². The highest BCUT2D eigenvalue weighted by Gasteiger charge is 2.20. The minimum Gasteiger partial charge on any atom is -0.357 e. The number of carbonyl (C=O) groups excluding carboxylic acids is 1. The maximum atomic E-state index is 12.8. The lowest BCUT2D eigenvalue weighted by atomic mass is 9.94. The van der Waals surface area contributed by atoms with Crippen molar-refractivity contribution in [2.45, 2.75) is 38.1 Å². The largest absolute Gasteiger partial charge is 0.357 e. The Kier molecular flexibility index (Phi) is 4.96. The summed E-state index contributed by atoms with van der Waals surface area (Å²) in [6.07, 6.45) is 9.32. The van der Waals surface area contributed by atoms with Gasteiger partial charge in [-0.2, -0.15) is 0 Å². The Morgan fingerprint density at radius 2 is 1.89 bits per heavy atom. The first-order valence-electron chi connectivity index (χ1n) is 9.42. The third kappa shape index (κ3) is 3.74. The molecule has 1 aromatic carbocycles. The van der Waals surface area contributed by atoms with Gasteiger partial charge in [-0.15, -0.1) is 0 Å². The summed E-state index contributed by atoms with van der Waals surface area (Å²) in [5.74, 6) is 0.550. The molecule has 27 heavy (non-hydrogen) atoms. The highest BCUT2D eigenvalue weighted by Crippen LogP contribution is 2.25. The zero-order chi connectivity index (χ0) is 18.6. The molecule has 0 atom stereocenters. The molecule has 1 aliphatic rings. The second-order valence-electron chi connectivity index (χ2n) is 6.99. The van der Waals surface area contributed by atoms with Crippen LogP contribution in [-0.4, -0.2) is 33.9 Å². The van der Waals surface area contributed by atoms with Crippen LogP contribution in [0, 0.1) is 0 Å². The third-order valence-electron chi connectivity index (χ3n) is 5.27. The number of nitrogens with zero attached hydrogens (tertiary/aromatic N) is 4. The number of amides is 1. The van der Waals surface area contributed by atoms with Crippen LogP contribution in [-0.2, 0) is 0 Å². The molecule has 0 unspecified atom stereocenters. The van der Waals surface area contributed by atoms with Gasteiger partial charge in [0.15, 0.2) is 0 Å². The van der Waals surface area contributed by atoms with E-state index in [0.717, 1.165) is 22.4 Å². The molecule has 0 radical (unpaired) electrons. The van der Waals surface area contributed by atoms with Gasteiger partial charge in [-0.1, -0.05) is 37.5 Å². The van der Waals surface area contributed by atoms with Gasteiger partial charge in [-0.25, -0.2) is 9.97 Å². The Morgan fingerprint density at radius 3 is 2.74 bits per heavy atom. The smallest absolute Gasteiger partial charge is 0.274 e. The Bertz CT molecular complexity index is 947. The van der Waals surface area contributed by atoms with Gasteiger partial charge in [-0.3, -0.25) is 9.78 Å². The number of benzene rings is 1. The van der Waals surface area contributed by atoms with Crippen molar-refractivity contribution >= 4 is 28.3 Å². The van der Waals surface area contributed by atoms with Gasteiger partial charge in [0.1, 0.15) is 17.8 Å². The maximum Gasteiger partial charge on any atom is 0.274 e. The van der Waals surface area contributed by atoms with Gasteiger partial charge < -0.3 is 10.2 Å². The van der Waals surface area contributed by atoms with Crippen molar-refractivity contribution in [2.75, 3.05) is 17.3 Å². The molecule has 1 saturated carbocycles. The SMILES string of the molecule is CN(c1cc(C(=O)Nc2ccnc3ccccc23)ncn1)C1CCCCC1. The van der Waals surface area contributed by atoms with Gasteiger partial charge >= 0.3 is 0 Å². The van der Waals surface area contributed by atoms with Gasteiger partial charge in [0.05, 0.1) is 11.2 Å². The quantitative estimate of drug-likeness (QED) is 0.759. The zero-order valence-corrected chi connectivity index (χ0v) is 15.4. The van der Waals surface area contributed by atoms with Crippen molar-refractivity contribution in [3.8, 4) is 0 Å². The van der Waals surface area contributed by atoms with E-state index in [1.54, 1.807) is 18.3 Å². The Morgan fingerprint density at radius 1 is 1.07 bits per heavy atom. The van der Waals surface area contributed by atoms with E-state index in [4.69, 9.17) is 0 Å². The average molecular weight is 361 g/mol. The molecular formula is C21H23N5O. The summed E-state index contributed by atoms with van der Waals surface area (Å²) in [6, 6.07) is 11.8. The van der Waals surface area contributed by atoms with Gasteiger partial charge in [0, 0.05) is 30.7 Å². The first-order chi connectivity index (χ1) is 13.2. The molecule has 6 nitrogen and oxygen atoms in total. The Labute approximate surface area is 158 Å². The molecule has 6 heteroatoms. The van der Waals surface area contributed by atoms with E-state index in [-0.39, 0.29) is 5.91 Å². The summed E-state index contributed by atoms with van der Waals surface area (Å²) in [5.41, 5.74) is 1.94. The number of fused-ring (bicyclic) bond motifs is 1.